The number of carbonyl (C=O) groups is 1. The molecule has 1 aliphatic rings. The van der Waals surface area contributed by atoms with Crippen LogP contribution in [0.15, 0.2) is 18.2 Å². The van der Waals surface area contributed by atoms with Crippen molar-refractivity contribution in [1.29, 1.82) is 0 Å². The highest BCUT2D eigenvalue weighted by Gasteiger charge is 2.34. The summed E-state index contributed by atoms with van der Waals surface area (Å²) < 4.78 is 12.9. The van der Waals surface area contributed by atoms with E-state index in [2.05, 4.69) is 11.8 Å². The van der Waals surface area contributed by atoms with Gasteiger partial charge in [0.05, 0.1) is 5.56 Å². The van der Waals surface area contributed by atoms with E-state index in [1.165, 1.54) is 12.1 Å². The van der Waals surface area contributed by atoms with Gasteiger partial charge in [-0.1, -0.05) is 6.92 Å². The number of benzene rings is 1. The van der Waals surface area contributed by atoms with Crippen LogP contribution in [0, 0.1) is 11.7 Å². The van der Waals surface area contributed by atoms with Crippen LogP contribution < -0.4 is 0 Å². The van der Waals surface area contributed by atoms with Crippen LogP contribution >= 0.6 is 0 Å². The molecule has 2 unspecified atom stereocenters. The Kier molecular flexibility index (Phi) is 3.75. The van der Waals surface area contributed by atoms with Gasteiger partial charge in [-0.3, -0.25) is 4.79 Å². The number of likely N-dealkylation sites (tertiary alicyclic amines) is 1. The monoisotopic (exact) mass is 266 g/mol. The minimum absolute atomic E-state index is 0.160. The van der Waals surface area contributed by atoms with Crippen molar-refractivity contribution in [2.45, 2.75) is 13.0 Å². The van der Waals surface area contributed by atoms with Gasteiger partial charge in [-0.15, -0.1) is 0 Å². The van der Waals surface area contributed by atoms with Crippen LogP contribution in [0.5, 0.6) is 5.75 Å². The number of rotatable bonds is 2. The van der Waals surface area contributed by atoms with E-state index in [9.17, 15) is 14.3 Å². The van der Waals surface area contributed by atoms with Crippen molar-refractivity contribution in [3.05, 3.63) is 29.6 Å². The van der Waals surface area contributed by atoms with Crippen LogP contribution in [0.1, 0.15) is 17.3 Å². The van der Waals surface area contributed by atoms with Crippen molar-refractivity contribution in [3.8, 4) is 5.75 Å². The molecule has 1 saturated heterocycles. The molecule has 0 spiro atoms. The van der Waals surface area contributed by atoms with E-state index in [0.29, 0.717) is 25.0 Å². The number of phenolic OH excluding ortho intramolecular Hbond substituents is 1. The Balaban J connectivity index is 2.17. The fourth-order valence-electron chi connectivity index (χ4n) is 2.64. The number of carbonyl (C=O) groups excluding carboxylic acids is 1. The largest absolute Gasteiger partial charge is 0.507 e. The third-order valence-corrected chi connectivity index (χ3v) is 3.71. The zero-order valence-corrected chi connectivity index (χ0v) is 11.4. The van der Waals surface area contributed by atoms with Crippen LogP contribution in [0.2, 0.25) is 0 Å². The summed E-state index contributed by atoms with van der Waals surface area (Å²) in [5, 5.41) is 9.67. The molecule has 0 aliphatic carbocycles. The minimum atomic E-state index is -0.546. The van der Waals surface area contributed by atoms with Crippen LogP contribution in [-0.2, 0) is 0 Å². The van der Waals surface area contributed by atoms with E-state index in [-0.39, 0.29) is 17.2 Å². The molecule has 5 heteroatoms. The van der Waals surface area contributed by atoms with Gasteiger partial charge in [-0.2, -0.15) is 0 Å². The van der Waals surface area contributed by atoms with Crippen LogP contribution in [0.3, 0.4) is 0 Å². The zero-order chi connectivity index (χ0) is 14.2. The highest BCUT2D eigenvalue weighted by Crippen LogP contribution is 2.25. The second-order valence-electron chi connectivity index (χ2n) is 5.38. The normalized spacial score (nSPS) is 23.1. The van der Waals surface area contributed by atoms with Crippen molar-refractivity contribution in [3.63, 3.8) is 0 Å². The highest BCUT2D eigenvalue weighted by atomic mass is 19.1. The molecule has 1 amide bonds. The first kappa shape index (κ1) is 13.8. The zero-order valence-electron chi connectivity index (χ0n) is 11.4. The average Bonchev–Trinajstić information content (AvgIpc) is 2.70. The van der Waals surface area contributed by atoms with Gasteiger partial charge in [0, 0.05) is 25.2 Å². The van der Waals surface area contributed by atoms with E-state index in [4.69, 9.17) is 0 Å². The molecule has 4 nitrogen and oxygen atoms in total. The Morgan fingerprint density at radius 3 is 2.63 bits per heavy atom. The van der Waals surface area contributed by atoms with Crippen LogP contribution in [0.4, 0.5) is 4.39 Å². The Hall–Kier alpha value is -1.62. The van der Waals surface area contributed by atoms with E-state index >= 15 is 0 Å². The Bertz CT molecular complexity index is 490. The first-order valence-electron chi connectivity index (χ1n) is 6.34. The van der Waals surface area contributed by atoms with E-state index < -0.39 is 5.82 Å². The van der Waals surface area contributed by atoms with E-state index in [1.54, 1.807) is 4.90 Å². The molecular formula is C14H19FN2O2. The summed E-state index contributed by atoms with van der Waals surface area (Å²) in [4.78, 5) is 16.1. The molecule has 104 valence electrons. The van der Waals surface area contributed by atoms with Gasteiger partial charge in [-0.25, -0.2) is 4.39 Å². The van der Waals surface area contributed by atoms with Gasteiger partial charge in [0.1, 0.15) is 11.6 Å². The maximum atomic E-state index is 12.9. The summed E-state index contributed by atoms with van der Waals surface area (Å²) >= 11 is 0. The van der Waals surface area contributed by atoms with Gasteiger partial charge < -0.3 is 14.9 Å². The van der Waals surface area contributed by atoms with Gasteiger partial charge in [0.25, 0.3) is 5.91 Å². The predicted octanol–water partition coefficient (Wildman–Crippen LogP) is 1.55. The Morgan fingerprint density at radius 2 is 2.11 bits per heavy atom. The molecule has 1 N–H and O–H groups in total. The van der Waals surface area contributed by atoms with Gasteiger partial charge >= 0.3 is 0 Å². The number of amides is 1. The summed E-state index contributed by atoms with van der Waals surface area (Å²) in [5.41, 5.74) is 0.160. The molecule has 0 bridgehead atoms. The average molecular weight is 266 g/mol. The first-order chi connectivity index (χ1) is 8.90. The third-order valence-electron chi connectivity index (χ3n) is 3.71. The number of hydrogen-bond donors (Lipinski definition) is 1. The summed E-state index contributed by atoms with van der Waals surface area (Å²) in [5.74, 6) is -0.712. The van der Waals surface area contributed by atoms with E-state index in [0.717, 1.165) is 6.07 Å². The number of likely N-dealkylation sites (N-methyl/N-ethyl adjacent to an activating group) is 1. The molecule has 2 atom stereocenters. The van der Waals surface area contributed by atoms with Crippen molar-refractivity contribution in [2.24, 2.45) is 5.92 Å². The molecule has 1 aliphatic heterocycles. The van der Waals surface area contributed by atoms with Crippen molar-refractivity contribution in [2.75, 3.05) is 27.2 Å². The molecule has 2 rings (SSSR count). The second kappa shape index (κ2) is 5.17. The Morgan fingerprint density at radius 1 is 1.42 bits per heavy atom. The molecule has 19 heavy (non-hydrogen) atoms. The van der Waals surface area contributed by atoms with E-state index in [1.807, 2.05) is 14.1 Å². The van der Waals surface area contributed by atoms with Crippen molar-refractivity contribution in [1.82, 2.24) is 9.80 Å². The quantitative estimate of drug-likeness (QED) is 0.883. The summed E-state index contributed by atoms with van der Waals surface area (Å²) in [6, 6.07) is 3.80. The Labute approximate surface area is 112 Å². The molecule has 1 aromatic rings. The lowest BCUT2D eigenvalue weighted by Crippen LogP contribution is -2.35. The molecular weight excluding hydrogens is 247 g/mol. The lowest BCUT2D eigenvalue weighted by molar-refractivity contribution is 0.0778. The number of hydrogen-bond acceptors (Lipinski definition) is 3. The summed E-state index contributed by atoms with van der Waals surface area (Å²) in [6.45, 7) is 3.38. The molecule has 0 radical (unpaired) electrons. The van der Waals surface area contributed by atoms with Gasteiger partial charge in [0.15, 0.2) is 0 Å². The summed E-state index contributed by atoms with van der Waals surface area (Å²) in [7, 11) is 3.98. The fourth-order valence-corrected chi connectivity index (χ4v) is 2.64. The lowest BCUT2D eigenvalue weighted by atomic mass is 10.1. The topological polar surface area (TPSA) is 43.8 Å². The maximum Gasteiger partial charge on any atom is 0.257 e. The van der Waals surface area contributed by atoms with Gasteiger partial charge in [0.2, 0.25) is 0 Å². The first-order valence-corrected chi connectivity index (χ1v) is 6.34. The summed E-state index contributed by atoms with van der Waals surface area (Å²) in [6.07, 6.45) is 0. The number of halogens is 1. The van der Waals surface area contributed by atoms with Crippen molar-refractivity contribution < 1.29 is 14.3 Å². The lowest BCUT2D eigenvalue weighted by Gasteiger charge is -2.22. The molecule has 0 saturated carbocycles. The molecule has 1 aromatic carbocycles. The second-order valence-corrected chi connectivity index (χ2v) is 5.38. The molecule has 0 aromatic heterocycles. The van der Waals surface area contributed by atoms with Crippen molar-refractivity contribution >= 4 is 5.91 Å². The van der Waals surface area contributed by atoms with Crippen LogP contribution in [-0.4, -0.2) is 54.0 Å². The fraction of sp³-hybridized carbons (Fsp3) is 0.500. The maximum absolute atomic E-state index is 12.9. The predicted molar refractivity (Wildman–Crippen MR) is 70.6 cm³/mol. The highest BCUT2D eigenvalue weighted by molar-refractivity contribution is 5.97. The SMILES string of the molecule is CC1CN(C(=O)c2ccc(F)cc2O)CC1N(C)C. The smallest absolute Gasteiger partial charge is 0.257 e. The number of aromatic hydroxyl groups is 1. The number of nitrogens with zero attached hydrogens (tertiary/aromatic N) is 2. The van der Waals surface area contributed by atoms with Gasteiger partial charge in [-0.05, 0) is 32.1 Å². The van der Waals surface area contributed by atoms with Crippen LogP contribution in [0.25, 0.3) is 0 Å². The number of phenols is 1. The molecule has 1 fully saturated rings. The standard InChI is InChI=1S/C14H19FN2O2/c1-9-7-17(8-12(9)16(2)3)14(19)11-5-4-10(15)6-13(11)18/h4-6,9,12,18H,7-8H2,1-3H3. The minimum Gasteiger partial charge on any atom is -0.507 e. The molecule has 1 heterocycles. The third kappa shape index (κ3) is 2.71.